The molecule has 0 aliphatic carbocycles. The molecule has 1 aromatic heterocycles. The van der Waals surface area contributed by atoms with Crippen molar-refractivity contribution < 1.29 is 31.4 Å². The first kappa shape index (κ1) is 12.8. The van der Waals surface area contributed by atoms with Crippen molar-refractivity contribution in [2.75, 3.05) is 0 Å². The van der Waals surface area contributed by atoms with Crippen LogP contribution in [0, 0.1) is 0 Å². The van der Waals surface area contributed by atoms with Crippen LogP contribution in [-0.2, 0) is 6.18 Å². The van der Waals surface area contributed by atoms with Crippen LogP contribution in [0.5, 0.6) is 0 Å². The lowest BCUT2D eigenvalue weighted by molar-refractivity contribution is -0.208. The second-order valence-electron chi connectivity index (χ2n) is 2.91. The van der Waals surface area contributed by atoms with Crippen LogP contribution >= 0.6 is 0 Å². The third kappa shape index (κ3) is 2.84. The minimum Gasteiger partial charge on any atom is -0.378 e. The van der Waals surface area contributed by atoms with Crippen LogP contribution in [0.4, 0.5) is 26.3 Å². The zero-order valence-corrected chi connectivity index (χ0v) is 7.47. The van der Waals surface area contributed by atoms with Crippen LogP contribution in [0.15, 0.2) is 18.3 Å². The van der Waals surface area contributed by atoms with Crippen LogP contribution < -0.4 is 0 Å². The summed E-state index contributed by atoms with van der Waals surface area (Å²) in [6.07, 6.45) is -12.3. The number of nitrogens with zero attached hydrogens (tertiary/aromatic N) is 1. The molecule has 1 aromatic rings. The van der Waals surface area contributed by atoms with E-state index >= 15 is 0 Å². The number of aliphatic hydroxyl groups excluding tert-OH is 1. The van der Waals surface area contributed by atoms with Gasteiger partial charge in [-0.1, -0.05) is 0 Å². The van der Waals surface area contributed by atoms with E-state index in [0.29, 0.717) is 12.1 Å². The summed E-state index contributed by atoms with van der Waals surface area (Å²) in [6.45, 7) is 0. The van der Waals surface area contributed by atoms with Gasteiger partial charge in [-0.25, -0.2) is 0 Å². The molecule has 0 aliphatic rings. The topological polar surface area (TPSA) is 33.1 Å². The van der Waals surface area contributed by atoms with Crippen LogP contribution in [0.3, 0.4) is 0 Å². The first-order valence-corrected chi connectivity index (χ1v) is 3.90. The van der Waals surface area contributed by atoms with E-state index in [9.17, 15) is 26.3 Å². The van der Waals surface area contributed by atoms with Crippen LogP contribution in [0.25, 0.3) is 0 Å². The Morgan fingerprint density at radius 3 is 1.94 bits per heavy atom. The fourth-order valence-electron chi connectivity index (χ4n) is 0.902. The predicted molar refractivity (Wildman–Crippen MR) is 40.3 cm³/mol. The molecule has 1 heterocycles. The van der Waals surface area contributed by atoms with Crippen molar-refractivity contribution in [2.24, 2.45) is 0 Å². The number of aliphatic hydroxyl groups is 1. The van der Waals surface area contributed by atoms with E-state index < -0.39 is 29.7 Å². The third-order valence-corrected chi connectivity index (χ3v) is 1.70. The van der Waals surface area contributed by atoms with Gasteiger partial charge in [0.05, 0.1) is 11.3 Å². The normalized spacial score (nSPS) is 14.9. The molecular formula is C8H5F6NO. The summed E-state index contributed by atoms with van der Waals surface area (Å²) in [5.41, 5.74) is -2.05. The minimum absolute atomic E-state index is 0.240. The fraction of sp³-hybridized carbons (Fsp3) is 0.375. The largest absolute Gasteiger partial charge is 0.420 e. The highest BCUT2D eigenvalue weighted by molar-refractivity contribution is 5.18. The molecular weight excluding hydrogens is 240 g/mol. The van der Waals surface area contributed by atoms with Crippen molar-refractivity contribution in [3.63, 3.8) is 0 Å². The lowest BCUT2D eigenvalue weighted by Crippen LogP contribution is -2.21. The average molecular weight is 245 g/mol. The first-order chi connectivity index (χ1) is 7.12. The molecule has 1 atom stereocenters. The van der Waals surface area contributed by atoms with Gasteiger partial charge in [0.2, 0.25) is 0 Å². The maximum absolute atomic E-state index is 12.0. The Hall–Kier alpha value is -1.31. The van der Waals surface area contributed by atoms with Crippen molar-refractivity contribution in [1.82, 2.24) is 4.98 Å². The summed E-state index contributed by atoms with van der Waals surface area (Å²) in [4.78, 5) is 2.92. The molecule has 0 fully saturated rings. The monoisotopic (exact) mass is 245 g/mol. The zero-order valence-electron chi connectivity index (χ0n) is 7.47. The van der Waals surface area contributed by atoms with E-state index in [4.69, 9.17) is 5.11 Å². The van der Waals surface area contributed by atoms with Gasteiger partial charge in [-0.2, -0.15) is 26.3 Å². The Bertz CT molecular complexity index is 354. The molecule has 0 aliphatic heterocycles. The van der Waals surface area contributed by atoms with Crippen LogP contribution in [0.2, 0.25) is 0 Å². The van der Waals surface area contributed by atoms with Gasteiger partial charge in [-0.3, -0.25) is 4.98 Å². The van der Waals surface area contributed by atoms with E-state index in [1.165, 1.54) is 0 Å². The highest BCUT2D eigenvalue weighted by Gasteiger charge is 2.40. The molecule has 1 rings (SSSR count). The summed E-state index contributed by atoms with van der Waals surface area (Å²) in [7, 11) is 0. The zero-order chi connectivity index (χ0) is 12.6. The number of aromatic nitrogens is 1. The standard InChI is InChI=1S/C8H5F6NO/c9-7(10,11)4-1-2-5(15-3-4)6(16)8(12,13)14/h1-3,6,16H/t6-/m0/s1. The van der Waals surface area contributed by atoms with E-state index in [1.807, 2.05) is 0 Å². The van der Waals surface area contributed by atoms with Crippen molar-refractivity contribution in [3.8, 4) is 0 Å². The molecule has 0 saturated heterocycles. The Balaban J connectivity index is 2.96. The number of hydrogen-bond acceptors (Lipinski definition) is 2. The SMILES string of the molecule is O[C@@H](c1ccc(C(F)(F)F)cn1)C(F)(F)F. The molecule has 0 amide bonds. The minimum atomic E-state index is -4.95. The number of pyridine rings is 1. The van der Waals surface area contributed by atoms with Gasteiger partial charge in [0.25, 0.3) is 0 Å². The molecule has 2 nitrogen and oxygen atoms in total. The molecule has 0 radical (unpaired) electrons. The summed E-state index contributed by atoms with van der Waals surface area (Å²) in [6, 6.07) is 0.915. The van der Waals surface area contributed by atoms with Gasteiger partial charge in [-0.15, -0.1) is 0 Å². The maximum atomic E-state index is 12.0. The molecule has 16 heavy (non-hydrogen) atoms. The molecule has 0 spiro atoms. The van der Waals surface area contributed by atoms with E-state index in [2.05, 4.69) is 4.98 Å². The van der Waals surface area contributed by atoms with Gasteiger partial charge in [0, 0.05) is 6.20 Å². The molecule has 0 unspecified atom stereocenters. The fourth-order valence-corrected chi connectivity index (χ4v) is 0.902. The van der Waals surface area contributed by atoms with E-state index in [1.54, 1.807) is 0 Å². The Kier molecular flexibility index (Phi) is 3.13. The number of hydrogen-bond donors (Lipinski definition) is 1. The third-order valence-electron chi connectivity index (χ3n) is 1.70. The van der Waals surface area contributed by atoms with E-state index in [-0.39, 0.29) is 6.20 Å². The van der Waals surface area contributed by atoms with Gasteiger partial charge in [-0.05, 0) is 12.1 Å². The summed E-state index contributed by atoms with van der Waals surface area (Å²) >= 11 is 0. The molecule has 0 bridgehead atoms. The number of halogens is 6. The van der Waals surface area contributed by atoms with Crippen molar-refractivity contribution in [1.29, 1.82) is 0 Å². The Morgan fingerprint density at radius 1 is 1.06 bits per heavy atom. The van der Waals surface area contributed by atoms with Gasteiger partial charge in [0.15, 0.2) is 6.10 Å². The molecule has 1 N–H and O–H groups in total. The smallest absolute Gasteiger partial charge is 0.378 e. The predicted octanol–water partition coefficient (Wildman–Crippen LogP) is 2.70. The van der Waals surface area contributed by atoms with Gasteiger partial charge in [0.1, 0.15) is 0 Å². The average Bonchev–Trinajstić information content (AvgIpc) is 2.14. The van der Waals surface area contributed by atoms with E-state index in [0.717, 1.165) is 0 Å². The highest BCUT2D eigenvalue weighted by Crippen LogP contribution is 2.33. The molecule has 8 heteroatoms. The van der Waals surface area contributed by atoms with Crippen molar-refractivity contribution >= 4 is 0 Å². The summed E-state index contributed by atoms with van der Waals surface area (Å²) < 4.78 is 72.0. The van der Waals surface area contributed by atoms with Gasteiger partial charge >= 0.3 is 12.4 Å². The molecule has 0 aromatic carbocycles. The Morgan fingerprint density at radius 2 is 1.62 bits per heavy atom. The first-order valence-electron chi connectivity index (χ1n) is 3.90. The van der Waals surface area contributed by atoms with Gasteiger partial charge < -0.3 is 5.11 Å². The summed E-state index contributed by atoms with van der Waals surface area (Å²) in [5.74, 6) is 0. The number of rotatable bonds is 1. The summed E-state index contributed by atoms with van der Waals surface area (Å²) in [5, 5.41) is 8.68. The lowest BCUT2D eigenvalue weighted by Gasteiger charge is -2.14. The van der Waals surface area contributed by atoms with Crippen LogP contribution in [-0.4, -0.2) is 16.3 Å². The maximum Gasteiger partial charge on any atom is 0.420 e. The highest BCUT2D eigenvalue weighted by atomic mass is 19.4. The second-order valence-corrected chi connectivity index (χ2v) is 2.91. The second kappa shape index (κ2) is 3.93. The van der Waals surface area contributed by atoms with Crippen LogP contribution in [0.1, 0.15) is 17.4 Å². The molecule has 90 valence electrons. The molecule has 0 saturated carbocycles. The Labute approximate surface area is 85.5 Å². The number of alkyl halides is 6. The van der Waals surface area contributed by atoms with Crippen molar-refractivity contribution in [3.05, 3.63) is 29.6 Å². The quantitative estimate of drug-likeness (QED) is 0.771. The van der Waals surface area contributed by atoms with Crippen molar-refractivity contribution in [2.45, 2.75) is 18.5 Å². The lowest BCUT2D eigenvalue weighted by atomic mass is 10.2.